The monoisotopic (exact) mass is 272 g/mol. The zero-order valence-corrected chi connectivity index (χ0v) is 12.6. The second-order valence-corrected chi connectivity index (χ2v) is 5.93. The fourth-order valence-corrected chi connectivity index (χ4v) is 2.40. The SMILES string of the molecule is Cc1cc(OCCC(C#N)NC2CC2)ccc1C(C)C. The summed E-state index contributed by atoms with van der Waals surface area (Å²) in [6.07, 6.45) is 3.14. The normalized spacial score (nSPS) is 15.9. The van der Waals surface area contributed by atoms with Crippen molar-refractivity contribution < 1.29 is 4.74 Å². The van der Waals surface area contributed by atoms with Crippen LogP contribution in [0.25, 0.3) is 0 Å². The van der Waals surface area contributed by atoms with Crippen LogP contribution in [0, 0.1) is 18.3 Å². The summed E-state index contributed by atoms with van der Waals surface area (Å²) in [6, 6.07) is 9.03. The Kier molecular flexibility index (Phi) is 5.03. The van der Waals surface area contributed by atoms with E-state index in [1.165, 1.54) is 24.0 Å². The van der Waals surface area contributed by atoms with Crippen molar-refractivity contribution in [3.63, 3.8) is 0 Å². The number of hydrogen-bond donors (Lipinski definition) is 1. The molecule has 0 heterocycles. The molecule has 2 rings (SSSR count). The smallest absolute Gasteiger partial charge is 0.119 e. The van der Waals surface area contributed by atoms with Gasteiger partial charge in [0.05, 0.1) is 18.7 Å². The second kappa shape index (κ2) is 6.76. The van der Waals surface area contributed by atoms with Gasteiger partial charge in [0, 0.05) is 12.5 Å². The van der Waals surface area contributed by atoms with Crippen molar-refractivity contribution in [1.82, 2.24) is 5.32 Å². The zero-order valence-electron chi connectivity index (χ0n) is 12.6. The highest BCUT2D eigenvalue weighted by Crippen LogP contribution is 2.24. The Hall–Kier alpha value is -1.53. The minimum Gasteiger partial charge on any atom is -0.493 e. The van der Waals surface area contributed by atoms with Gasteiger partial charge in [0.2, 0.25) is 0 Å². The summed E-state index contributed by atoms with van der Waals surface area (Å²) in [6.45, 7) is 7.10. The van der Waals surface area contributed by atoms with Crippen LogP contribution in [0.1, 0.15) is 50.2 Å². The average molecular weight is 272 g/mol. The van der Waals surface area contributed by atoms with Crippen LogP contribution < -0.4 is 10.1 Å². The minimum atomic E-state index is -0.0847. The number of hydrogen-bond acceptors (Lipinski definition) is 3. The molecule has 0 bridgehead atoms. The molecule has 1 N–H and O–H groups in total. The number of benzene rings is 1. The topological polar surface area (TPSA) is 45.0 Å². The van der Waals surface area contributed by atoms with Crippen molar-refractivity contribution in [3.8, 4) is 11.8 Å². The number of nitrogens with one attached hydrogen (secondary N) is 1. The van der Waals surface area contributed by atoms with Crippen LogP contribution in [-0.2, 0) is 0 Å². The Balaban J connectivity index is 1.81. The quantitative estimate of drug-likeness (QED) is 0.826. The third kappa shape index (κ3) is 4.25. The van der Waals surface area contributed by atoms with Gasteiger partial charge in [-0.3, -0.25) is 5.32 Å². The Bertz CT molecular complexity index is 486. The second-order valence-electron chi connectivity index (χ2n) is 5.93. The van der Waals surface area contributed by atoms with Gasteiger partial charge in [0.15, 0.2) is 0 Å². The molecule has 0 saturated heterocycles. The molecule has 108 valence electrons. The van der Waals surface area contributed by atoms with Gasteiger partial charge in [-0.05, 0) is 48.9 Å². The van der Waals surface area contributed by atoms with E-state index in [4.69, 9.17) is 10.00 Å². The molecule has 1 aromatic carbocycles. The van der Waals surface area contributed by atoms with E-state index in [9.17, 15) is 0 Å². The summed E-state index contributed by atoms with van der Waals surface area (Å²) < 4.78 is 5.76. The van der Waals surface area contributed by atoms with Crippen molar-refractivity contribution in [2.45, 2.75) is 58.0 Å². The van der Waals surface area contributed by atoms with Gasteiger partial charge in [-0.1, -0.05) is 19.9 Å². The lowest BCUT2D eigenvalue weighted by Gasteiger charge is -2.14. The highest BCUT2D eigenvalue weighted by Gasteiger charge is 2.24. The fourth-order valence-electron chi connectivity index (χ4n) is 2.40. The van der Waals surface area contributed by atoms with Gasteiger partial charge in [-0.15, -0.1) is 0 Å². The van der Waals surface area contributed by atoms with E-state index in [1.54, 1.807) is 0 Å². The van der Waals surface area contributed by atoms with E-state index in [1.807, 2.05) is 6.07 Å². The van der Waals surface area contributed by atoms with Crippen molar-refractivity contribution in [2.75, 3.05) is 6.61 Å². The van der Waals surface area contributed by atoms with E-state index in [0.717, 1.165) is 12.2 Å². The van der Waals surface area contributed by atoms with Gasteiger partial charge in [-0.25, -0.2) is 0 Å². The first-order valence-corrected chi connectivity index (χ1v) is 7.49. The molecule has 0 aliphatic heterocycles. The van der Waals surface area contributed by atoms with Crippen LogP contribution in [0.5, 0.6) is 5.75 Å². The number of rotatable bonds is 7. The van der Waals surface area contributed by atoms with Crippen LogP contribution >= 0.6 is 0 Å². The molecule has 1 atom stereocenters. The highest BCUT2D eigenvalue weighted by atomic mass is 16.5. The Labute approximate surface area is 121 Å². The van der Waals surface area contributed by atoms with E-state index < -0.39 is 0 Å². The van der Waals surface area contributed by atoms with E-state index in [2.05, 4.69) is 44.3 Å². The lowest BCUT2D eigenvalue weighted by molar-refractivity contribution is 0.297. The highest BCUT2D eigenvalue weighted by molar-refractivity contribution is 5.36. The standard InChI is InChI=1S/C17H24N2O/c1-12(2)17-7-6-16(10-13(17)3)20-9-8-15(11-18)19-14-4-5-14/h6-7,10,12,14-15,19H,4-5,8-9H2,1-3H3. The third-order valence-electron chi connectivity index (χ3n) is 3.71. The molecule has 0 amide bonds. The van der Waals surface area contributed by atoms with E-state index in [0.29, 0.717) is 18.6 Å². The summed E-state index contributed by atoms with van der Waals surface area (Å²) in [5.74, 6) is 1.43. The molecule has 1 saturated carbocycles. The van der Waals surface area contributed by atoms with Crippen molar-refractivity contribution >= 4 is 0 Å². The number of nitriles is 1. The molecule has 0 spiro atoms. The first-order valence-electron chi connectivity index (χ1n) is 7.49. The summed E-state index contributed by atoms with van der Waals surface area (Å²) in [5.41, 5.74) is 2.63. The van der Waals surface area contributed by atoms with Crippen molar-refractivity contribution in [3.05, 3.63) is 29.3 Å². The largest absolute Gasteiger partial charge is 0.493 e. The minimum absolute atomic E-state index is 0.0847. The number of aryl methyl sites for hydroxylation is 1. The fraction of sp³-hybridized carbons (Fsp3) is 0.588. The van der Waals surface area contributed by atoms with Crippen LogP contribution in [0.3, 0.4) is 0 Å². The van der Waals surface area contributed by atoms with E-state index >= 15 is 0 Å². The van der Waals surface area contributed by atoms with Crippen LogP contribution in [0.2, 0.25) is 0 Å². The molecule has 1 fully saturated rings. The average Bonchev–Trinajstić information content (AvgIpc) is 3.21. The molecule has 3 heteroatoms. The van der Waals surface area contributed by atoms with Crippen LogP contribution in [0.4, 0.5) is 0 Å². The first-order chi connectivity index (χ1) is 9.60. The number of nitrogens with zero attached hydrogens (tertiary/aromatic N) is 1. The molecule has 1 unspecified atom stereocenters. The van der Waals surface area contributed by atoms with Gasteiger partial charge in [0.1, 0.15) is 5.75 Å². The van der Waals surface area contributed by atoms with Gasteiger partial charge < -0.3 is 4.74 Å². The van der Waals surface area contributed by atoms with Gasteiger partial charge in [-0.2, -0.15) is 5.26 Å². The Morgan fingerprint density at radius 3 is 2.70 bits per heavy atom. The predicted molar refractivity (Wildman–Crippen MR) is 80.9 cm³/mol. The molecular formula is C17H24N2O. The zero-order chi connectivity index (χ0) is 14.5. The first kappa shape index (κ1) is 14.9. The maximum Gasteiger partial charge on any atom is 0.119 e. The van der Waals surface area contributed by atoms with Crippen molar-refractivity contribution in [1.29, 1.82) is 5.26 Å². The maximum absolute atomic E-state index is 9.07. The lowest BCUT2D eigenvalue weighted by atomic mass is 9.98. The summed E-state index contributed by atoms with van der Waals surface area (Å²) >= 11 is 0. The van der Waals surface area contributed by atoms with E-state index in [-0.39, 0.29) is 6.04 Å². The molecule has 0 aromatic heterocycles. The van der Waals surface area contributed by atoms with Crippen LogP contribution in [-0.4, -0.2) is 18.7 Å². The van der Waals surface area contributed by atoms with Crippen molar-refractivity contribution in [2.24, 2.45) is 0 Å². The molecule has 1 aliphatic rings. The Morgan fingerprint density at radius 2 is 2.15 bits per heavy atom. The predicted octanol–water partition coefficient (Wildman–Crippen LogP) is 3.53. The summed E-state index contributed by atoms with van der Waals surface area (Å²) in [4.78, 5) is 0. The molecule has 0 radical (unpaired) electrons. The van der Waals surface area contributed by atoms with Gasteiger partial charge in [0.25, 0.3) is 0 Å². The summed E-state index contributed by atoms with van der Waals surface area (Å²) in [5, 5.41) is 12.4. The maximum atomic E-state index is 9.07. The Morgan fingerprint density at radius 1 is 1.40 bits per heavy atom. The van der Waals surface area contributed by atoms with Gasteiger partial charge >= 0.3 is 0 Å². The molecule has 3 nitrogen and oxygen atoms in total. The summed E-state index contributed by atoms with van der Waals surface area (Å²) in [7, 11) is 0. The molecule has 1 aromatic rings. The molecule has 20 heavy (non-hydrogen) atoms. The third-order valence-corrected chi connectivity index (χ3v) is 3.71. The number of ether oxygens (including phenoxy) is 1. The lowest BCUT2D eigenvalue weighted by Crippen LogP contribution is -2.31. The molecule has 1 aliphatic carbocycles. The van der Waals surface area contributed by atoms with Crippen LogP contribution in [0.15, 0.2) is 18.2 Å². The molecular weight excluding hydrogens is 248 g/mol.